The Balaban J connectivity index is 1.45. The highest BCUT2D eigenvalue weighted by Gasteiger charge is 2.26. The van der Waals surface area contributed by atoms with Crippen LogP contribution >= 0.6 is 0 Å². The van der Waals surface area contributed by atoms with Crippen molar-refractivity contribution in [2.24, 2.45) is 4.36 Å². The van der Waals surface area contributed by atoms with E-state index in [1.165, 1.54) is 66.8 Å². The van der Waals surface area contributed by atoms with E-state index in [9.17, 15) is 13.9 Å². The van der Waals surface area contributed by atoms with E-state index in [4.69, 9.17) is 0 Å². The fraction of sp³-hybridized carbons (Fsp3) is 0.385. The lowest BCUT2D eigenvalue weighted by Crippen LogP contribution is -2.28. The first-order valence-electron chi connectivity index (χ1n) is 12.2. The van der Waals surface area contributed by atoms with Crippen LogP contribution in [0.2, 0.25) is 0 Å². The lowest BCUT2D eigenvalue weighted by Gasteiger charge is -2.33. The molecular formula is C26H29FN8OS. The predicted molar refractivity (Wildman–Crippen MR) is 143 cm³/mol. The van der Waals surface area contributed by atoms with Gasteiger partial charge in [-0.3, -0.25) is 0 Å². The summed E-state index contributed by atoms with van der Waals surface area (Å²) in [6.07, 6.45) is 9.00. The molecule has 2 N–H and O–H groups in total. The molecule has 1 aliphatic heterocycles. The number of halogens is 1. The van der Waals surface area contributed by atoms with Gasteiger partial charge in [-0.15, -0.1) is 0 Å². The molecule has 1 aliphatic carbocycles. The molecule has 37 heavy (non-hydrogen) atoms. The standard InChI is InChI=1S/C26H29FN8OS/c1-35-10-9-20-17(15-35)11-19(12-21(20)16-5-4-6-16)30-26-29-14-18(13-28)24(33-26)31-23-8-7-22(27)25(32-23)34-37(2,3)36/h7-8,11-12,14,16H,4-6,9-10,15H2,1-3H3,(H2,29,30,31,32,33). The van der Waals surface area contributed by atoms with Gasteiger partial charge in [-0.1, -0.05) is 6.42 Å². The summed E-state index contributed by atoms with van der Waals surface area (Å²) in [5, 5.41) is 15.9. The van der Waals surface area contributed by atoms with Crippen molar-refractivity contribution in [1.29, 1.82) is 5.26 Å². The van der Waals surface area contributed by atoms with E-state index in [1.807, 2.05) is 0 Å². The van der Waals surface area contributed by atoms with Crippen LogP contribution in [-0.4, -0.2) is 50.2 Å². The van der Waals surface area contributed by atoms with E-state index in [0.717, 1.165) is 25.2 Å². The first-order valence-corrected chi connectivity index (χ1v) is 14.5. The summed E-state index contributed by atoms with van der Waals surface area (Å²) in [6.45, 7) is 1.96. The van der Waals surface area contributed by atoms with Gasteiger partial charge < -0.3 is 15.5 Å². The first-order chi connectivity index (χ1) is 17.7. The molecule has 11 heteroatoms. The van der Waals surface area contributed by atoms with Crippen LogP contribution in [0.1, 0.15) is 47.4 Å². The number of benzene rings is 1. The number of anilines is 4. The lowest BCUT2D eigenvalue weighted by atomic mass is 9.76. The maximum atomic E-state index is 14.2. The molecule has 1 aromatic carbocycles. The minimum absolute atomic E-state index is 0.201. The first kappa shape index (κ1) is 25.0. The smallest absolute Gasteiger partial charge is 0.229 e. The van der Waals surface area contributed by atoms with Crippen molar-refractivity contribution in [3.63, 3.8) is 0 Å². The Labute approximate surface area is 216 Å². The van der Waals surface area contributed by atoms with Crippen LogP contribution in [0, 0.1) is 17.1 Å². The highest BCUT2D eigenvalue weighted by molar-refractivity contribution is 7.92. The summed E-state index contributed by atoms with van der Waals surface area (Å²) in [5.74, 6) is 0.400. The van der Waals surface area contributed by atoms with Gasteiger partial charge in [0.25, 0.3) is 0 Å². The van der Waals surface area contributed by atoms with E-state index < -0.39 is 15.5 Å². The fourth-order valence-corrected chi connectivity index (χ4v) is 5.22. The summed E-state index contributed by atoms with van der Waals surface area (Å²) >= 11 is 0. The van der Waals surface area contributed by atoms with Crippen LogP contribution in [0.15, 0.2) is 34.8 Å². The van der Waals surface area contributed by atoms with Crippen molar-refractivity contribution in [2.75, 3.05) is 36.7 Å². The average Bonchev–Trinajstić information content (AvgIpc) is 2.79. The lowest BCUT2D eigenvalue weighted by molar-refractivity contribution is 0.309. The number of nitriles is 1. The molecule has 0 amide bonds. The number of nitrogens with one attached hydrogen (secondary N) is 2. The van der Waals surface area contributed by atoms with Gasteiger partial charge in [0.05, 0.1) is 6.20 Å². The number of likely N-dealkylation sites (N-methyl/N-ethyl adjacent to an activating group) is 1. The zero-order chi connectivity index (χ0) is 26.2. The largest absolute Gasteiger partial charge is 0.324 e. The number of hydrogen-bond acceptors (Lipinski definition) is 9. The third-order valence-electron chi connectivity index (χ3n) is 6.65. The summed E-state index contributed by atoms with van der Waals surface area (Å²) < 4.78 is 30.1. The SMILES string of the molecule is CN1CCc2c(cc(Nc3ncc(C#N)c(Nc4ccc(F)c(N=S(C)(C)=O)n4)n3)cc2C2CCC2)C1. The van der Waals surface area contributed by atoms with Gasteiger partial charge in [0.2, 0.25) is 5.95 Å². The maximum absolute atomic E-state index is 14.2. The zero-order valence-corrected chi connectivity index (χ0v) is 21.9. The molecule has 3 aromatic rings. The molecule has 0 saturated heterocycles. The quantitative estimate of drug-likeness (QED) is 0.467. The molecule has 1 fully saturated rings. The molecule has 0 spiro atoms. The third kappa shape index (κ3) is 5.70. The number of rotatable bonds is 6. The number of pyridine rings is 1. The molecule has 0 unspecified atom stereocenters. The van der Waals surface area contributed by atoms with Crippen LogP contribution in [0.25, 0.3) is 0 Å². The fourth-order valence-electron chi connectivity index (χ4n) is 4.67. The van der Waals surface area contributed by atoms with Gasteiger partial charge >= 0.3 is 0 Å². The Morgan fingerprint density at radius 3 is 2.73 bits per heavy atom. The Hall–Kier alpha value is -3.62. The van der Waals surface area contributed by atoms with E-state index in [-0.39, 0.29) is 23.0 Å². The molecule has 3 heterocycles. The molecule has 2 aromatic heterocycles. The molecular weight excluding hydrogens is 491 g/mol. The highest BCUT2D eigenvalue weighted by atomic mass is 32.2. The van der Waals surface area contributed by atoms with Crippen molar-refractivity contribution in [3.05, 3.63) is 58.5 Å². The van der Waals surface area contributed by atoms with Crippen LogP contribution in [0.3, 0.4) is 0 Å². The summed E-state index contributed by atoms with van der Waals surface area (Å²) in [7, 11) is -0.473. The van der Waals surface area contributed by atoms with Gasteiger partial charge in [0, 0.05) is 41.0 Å². The Kier molecular flexibility index (Phi) is 6.79. The van der Waals surface area contributed by atoms with E-state index in [2.05, 4.69) is 60.1 Å². The zero-order valence-electron chi connectivity index (χ0n) is 21.1. The summed E-state index contributed by atoms with van der Waals surface area (Å²) in [6, 6.07) is 9.02. The minimum atomic E-state index is -2.61. The Morgan fingerprint density at radius 1 is 1.22 bits per heavy atom. The topological polar surface area (TPSA) is 119 Å². The Morgan fingerprint density at radius 2 is 2.03 bits per heavy atom. The monoisotopic (exact) mass is 520 g/mol. The number of hydrogen-bond donors (Lipinski definition) is 2. The van der Waals surface area contributed by atoms with Crippen LogP contribution in [-0.2, 0) is 22.7 Å². The highest BCUT2D eigenvalue weighted by Crippen LogP contribution is 2.41. The van der Waals surface area contributed by atoms with Gasteiger partial charge in [0.1, 0.15) is 17.5 Å². The molecule has 9 nitrogen and oxygen atoms in total. The average molecular weight is 521 g/mol. The summed E-state index contributed by atoms with van der Waals surface area (Å²) in [5.41, 5.74) is 5.33. The summed E-state index contributed by atoms with van der Waals surface area (Å²) in [4.78, 5) is 15.3. The molecule has 5 rings (SSSR count). The van der Waals surface area contributed by atoms with Crippen LogP contribution < -0.4 is 10.6 Å². The maximum Gasteiger partial charge on any atom is 0.229 e. The number of nitrogens with zero attached hydrogens (tertiary/aromatic N) is 6. The van der Waals surface area contributed by atoms with Crippen LogP contribution in [0.4, 0.5) is 33.5 Å². The van der Waals surface area contributed by atoms with Gasteiger partial charge in [-0.05, 0) is 73.2 Å². The Bertz CT molecular complexity index is 1510. The van der Waals surface area contributed by atoms with Crippen molar-refractivity contribution in [2.45, 2.75) is 38.1 Å². The number of fused-ring (bicyclic) bond motifs is 1. The molecule has 0 bridgehead atoms. The van der Waals surface area contributed by atoms with Crippen molar-refractivity contribution in [3.8, 4) is 6.07 Å². The second-order valence-electron chi connectivity index (χ2n) is 9.91. The van der Waals surface area contributed by atoms with Crippen LogP contribution in [0.5, 0.6) is 0 Å². The van der Waals surface area contributed by atoms with Gasteiger partial charge in [-0.2, -0.15) is 14.6 Å². The molecule has 0 atom stereocenters. The van der Waals surface area contributed by atoms with E-state index in [0.29, 0.717) is 11.9 Å². The van der Waals surface area contributed by atoms with Gasteiger partial charge in [0.15, 0.2) is 17.5 Å². The number of aromatic nitrogens is 3. The third-order valence-corrected chi connectivity index (χ3v) is 7.26. The van der Waals surface area contributed by atoms with Crippen molar-refractivity contribution >= 4 is 38.8 Å². The predicted octanol–water partition coefficient (Wildman–Crippen LogP) is 4.98. The molecule has 192 valence electrons. The van der Waals surface area contributed by atoms with Gasteiger partial charge in [-0.25, -0.2) is 18.6 Å². The molecule has 0 radical (unpaired) electrons. The second kappa shape index (κ2) is 10.0. The molecule has 2 aliphatic rings. The normalized spacial score (nSPS) is 15.9. The second-order valence-corrected chi connectivity index (χ2v) is 12.5. The van der Waals surface area contributed by atoms with E-state index in [1.54, 1.807) is 0 Å². The van der Waals surface area contributed by atoms with E-state index >= 15 is 0 Å². The minimum Gasteiger partial charge on any atom is -0.324 e. The molecule has 1 saturated carbocycles. The van der Waals surface area contributed by atoms with Crippen molar-refractivity contribution < 1.29 is 8.60 Å². The van der Waals surface area contributed by atoms with Crippen molar-refractivity contribution in [1.82, 2.24) is 19.9 Å².